The molecule has 0 spiro atoms. The summed E-state index contributed by atoms with van der Waals surface area (Å²) >= 11 is 0. The predicted molar refractivity (Wildman–Crippen MR) is 88.8 cm³/mol. The number of fused-ring (bicyclic) bond motifs is 1. The first-order valence-electron chi connectivity index (χ1n) is 7.42. The quantitative estimate of drug-likeness (QED) is 0.662. The molecule has 1 aromatic carbocycles. The van der Waals surface area contributed by atoms with Gasteiger partial charge in [-0.25, -0.2) is 4.79 Å². The normalized spacial score (nSPS) is 15.3. The van der Waals surface area contributed by atoms with E-state index in [0.29, 0.717) is 17.9 Å². The van der Waals surface area contributed by atoms with Crippen LogP contribution in [0.4, 0.5) is 0 Å². The van der Waals surface area contributed by atoms with Gasteiger partial charge in [0.05, 0.1) is 19.8 Å². The van der Waals surface area contributed by atoms with Gasteiger partial charge in [-0.3, -0.25) is 4.90 Å². The third-order valence-corrected chi connectivity index (χ3v) is 3.68. The van der Waals surface area contributed by atoms with E-state index in [-0.39, 0.29) is 18.2 Å². The molecule has 1 N–H and O–H groups in total. The minimum absolute atomic E-state index is 0. The van der Waals surface area contributed by atoms with Crippen molar-refractivity contribution in [2.24, 2.45) is 0 Å². The van der Waals surface area contributed by atoms with Gasteiger partial charge in [-0.2, -0.15) is 0 Å². The molecule has 1 saturated heterocycles. The first kappa shape index (κ1) is 17.6. The minimum atomic E-state index is -0.439. The number of rotatable bonds is 5. The minimum Gasteiger partial charge on any atom is -0.504 e. The lowest BCUT2D eigenvalue weighted by Gasteiger charge is -2.26. The van der Waals surface area contributed by atoms with Gasteiger partial charge in [0.15, 0.2) is 11.5 Å². The molecule has 1 aromatic heterocycles. The van der Waals surface area contributed by atoms with Crippen LogP contribution in [0.2, 0.25) is 0 Å². The van der Waals surface area contributed by atoms with Gasteiger partial charge in [-0.05, 0) is 18.6 Å². The second-order valence-corrected chi connectivity index (χ2v) is 5.27. The molecule has 0 bridgehead atoms. The van der Waals surface area contributed by atoms with Crippen LogP contribution in [0.5, 0.6) is 11.5 Å². The Balaban J connectivity index is 0.00000192. The van der Waals surface area contributed by atoms with Crippen LogP contribution >= 0.6 is 12.4 Å². The standard InChI is InChI=1S/C16H19NO5.ClH/c18-13-11-14-12(2-3-16(19)22-14)10-15(13)21-7-1-4-17-5-8-20-9-6-17;/h2-3,10-11,18H,1,4-9H2;1H. The summed E-state index contributed by atoms with van der Waals surface area (Å²) in [7, 11) is 0. The molecule has 126 valence electrons. The van der Waals surface area contributed by atoms with E-state index in [0.717, 1.165) is 44.7 Å². The number of morpholine rings is 1. The second kappa shape index (κ2) is 8.19. The maximum atomic E-state index is 11.1. The van der Waals surface area contributed by atoms with Crippen LogP contribution in [0.15, 0.2) is 33.5 Å². The van der Waals surface area contributed by atoms with Gasteiger partial charge in [0.2, 0.25) is 0 Å². The first-order chi connectivity index (χ1) is 10.7. The average molecular weight is 342 g/mol. The number of aromatic hydroxyl groups is 1. The van der Waals surface area contributed by atoms with Crippen LogP contribution in [0.1, 0.15) is 6.42 Å². The molecule has 0 unspecified atom stereocenters. The maximum absolute atomic E-state index is 11.1. The van der Waals surface area contributed by atoms with Gasteiger partial charge in [-0.1, -0.05) is 0 Å². The van der Waals surface area contributed by atoms with Crippen LogP contribution in [0.3, 0.4) is 0 Å². The van der Waals surface area contributed by atoms with Crippen molar-refractivity contribution < 1.29 is 19.0 Å². The van der Waals surface area contributed by atoms with E-state index in [9.17, 15) is 9.90 Å². The molecule has 0 radical (unpaired) electrons. The molecule has 3 rings (SSSR count). The van der Waals surface area contributed by atoms with Gasteiger partial charge in [0, 0.05) is 37.2 Å². The Kier molecular flexibility index (Phi) is 6.27. The topological polar surface area (TPSA) is 72.1 Å². The molecular weight excluding hydrogens is 322 g/mol. The SMILES string of the molecule is Cl.O=c1ccc2cc(OCCCN3CCOCC3)c(O)cc2o1. The number of nitrogens with zero attached hydrogens (tertiary/aromatic N) is 1. The van der Waals surface area contributed by atoms with Crippen LogP contribution < -0.4 is 10.4 Å². The molecule has 2 heterocycles. The highest BCUT2D eigenvalue weighted by Gasteiger charge is 2.10. The summed E-state index contributed by atoms with van der Waals surface area (Å²) in [5.41, 5.74) is -0.0863. The lowest BCUT2D eigenvalue weighted by atomic mass is 10.2. The number of phenols is 1. The highest BCUT2D eigenvalue weighted by Crippen LogP contribution is 2.30. The highest BCUT2D eigenvalue weighted by atomic mass is 35.5. The summed E-state index contributed by atoms with van der Waals surface area (Å²) in [5, 5.41) is 10.7. The second-order valence-electron chi connectivity index (χ2n) is 5.27. The molecule has 7 heteroatoms. The van der Waals surface area contributed by atoms with Gasteiger partial charge >= 0.3 is 5.63 Å². The van der Waals surface area contributed by atoms with Crippen LogP contribution in [0.25, 0.3) is 11.0 Å². The smallest absolute Gasteiger partial charge is 0.336 e. The summed E-state index contributed by atoms with van der Waals surface area (Å²) in [5.74, 6) is 0.386. The van der Waals surface area contributed by atoms with E-state index < -0.39 is 5.63 Å². The molecule has 0 amide bonds. The Morgan fingerprint density at radius 3 is 2.78 bits per heavy atom. The monoisotopic (exact) mass is 341 g/mol. The fraction of sp³-hybridized carbons (Fsp3) is 0.438. The molecule has 1 aliphatic heterocycles. The molecular formula is C16H20ClNO5. The van der Waals surface area contributed by atoms with Crippen molar-refractivity contribution in [3.05, 3.63) is 34.7 Å². The van der Waals surface area contributed by atoms with Crippen molar-refractivity contribution in [3.8, 4) is 11.5 Å². The van der Waals surface area contributed by atoms with E-state index >= 15 is 0 Å². The maximum Gasteiger partial charge on any atom is 0.336 e. The van der Waals surface area contributed by atoms with Crippen LogP contribution in [-0.2, 0) is 4.74 Å². The lowest BCUT2D eigenvalue weighted by molar-refractivity contribution is 0.0357. The van der Waals surface area contributed by atoms with Crippen LogP contribution in [-0.4, -0.2) is 49.5 Å². The van der Waals surface area contributed by atoms with Gasteiger partial charge < -0.3 is 19.0 Å². The van der Waals surface area contributed by atoms with Crippen molar-refractivity contribution in [1.29, 1.82) is 0 Å². The Labute approximate surface area is 140 Å². The van der Waals surface area contributed by atoms with Gasteiger partial charge in [0.1, 0.15) is 5.58 Å². The van der Waals surface area contributed by atoms with Crippen molar-refractivity contribution in [1.82, 2.24) is 4.90 Å². The number of phenolic OH excluding ortho intramolecular Hbond substituents is 1. The summed E-state index contributed by atoms with van der Waals surface area (Å²) in [6, 6.07) is 6.10. The van der Waals surface area contributed by atoms with Crippen molar-refractivity contribution in [2.75, 3.05) is 39.5 Å². The summed E-state index contributed by atoms with van der Waals surface area (Å²) in [4.78, 5) is 13.5. The molecule has 0 aliphatic carbocycles. The third kappa shape index (κ3) is 4.60. The number of hydrogen-bond donors (Lipinski definition) is 1. The molecule has 6 nitrogen and oxygen atoms in total. The zero-order chi connectivity index (χ0) is 15.4. The van der Waals surface area contributed by atoms with E-state index in [2.05, 4.69) is 4.90 Å². The van der Waals surface area contributed by atoms with Crippen molar-refractivity contribution in [3.63, 3.8) is 0 Å². The van der Waals surface area contributed by atoms with Gasteiger partial charge in [-0.15, -0.1) is 12.4 Å². The Hall–Kier alpha value is -1.76. The van der Waals surface area contributed by atoms with Crippen LogP contribution in [0, 0.1) is 0 Å². The fourth-order valence-corrected chi connectivity index (χ4v) is 2.49. The molecule has 23 heavy (non-hydrogen) atoms. The van der Waals surface area contributed by atoms with Crippen molar-refractivity contribution >= 4 is 23.4 Å². The third-order valence-electron chi connectivity index (χ3n) is 3.68. The fourth-order valence-electron chi connectivity index (χ4n) is 2.49. The van der Waals surface area contributed by atoms with E-state index in [1.54, 1.807) is 12.1 Å². The average Bonchev–Trinajstić information content (AvgIpc) is 2.53. The zero-order valence-electron chi connectivity index (χ0n) is 12.7. The van der Waals surface area contributed by atoms with Crippen molar-refractivity contribution in [2.45, 2.75) is 6.42 Å². The molecule has 1 aliphatic rings. The summed E-state index contributed by atoms with van der Waals surface area (Å²) in [6.07, 6.45) is 0.876. The number of hydrogen-bond acceptors (Lipinski definition) is 6. The highest BCUT2D eigenvalue weighted by molar-refractivity contribution is 5.85. The van der Waals surface area contributed by atoms with Gasteiger partial charge in [0.25, 0.3) is 0 Å². The molecule has 2 aromatic rings. The van der Waals surface area contributed by atoms with E-state index in [4.69, 9.17) is 13.9 Å². The predicted octanol–water partition coefficient (Wildman–Crippen LogP) is 2.02. The first-order valence-corrected chi connectivity index (χ1v) is 7.42. The Morgan fingerprint density at radius 1 is 1.22 bits per heavy atom. The summed E-state index contributed by atoms with van der Waals surface area (Å²) < 4.78 is 16.0. The number of benzene rings is 1. The zero-order valence-corrected chi connectivity index (χ0v) is 13.5. The lowest BCUT2D eigenvalue weighted by Crippen LogP contribution is -2.37. The Morgan fingerprint density at radius 2 is 2.00 bits per heavy atom. The number of halogens is 1. The summed E-state index contributed by atoms with van der Waals surface area (Å²) in [6.45, 7) is 4.97. The molecule has 1 fully saturated rings. The Bertz CT molecular complexity index is 696. The largest absolute Gasteiger partial charge is 0.504 e. The van der Waals surface area contributed by atoms with E-state index in [1.165, 1.54) is 12.1 Å². The number of ether oxygens (including phenoxy) is 2. The molecule has 0 atom stereocenters. The molecule has 0 saturated carbocycles. The van der Waals surface area contributed by atoms with E-state index in [1.807, 2.05) is 0 Å².